The number of nitrogens with zero attached hydrogens (tertiary/aromatic N) is 2. The first-order chi connectivity index (χ1) is 10.6. The summed E-state index contributed by atoms with van der Waals surface area (Å²) in [5.74, 6) is 0.797. The van der Waals surface area contributed by atoms with E-state index in [2.05, 4.69) is 20.8 Å². The number of hydrogen-bond donors (Lipinski definition) is 2. The highest BCUT2D eigenvalue weighted by Gasteiger charge is 2.34. The molecule has 0 spiro atoms. The van der Waals surface area contributed by atoms with Crippen molar-refractivity contribution in [2.75, 3.05) is 32.8 Å². The number of hydrogen-bond acceptors (Lipinski definition) is 4. The van der Waals surface area contributed by atoms with Crippen molar-refractivity contribution < 1.29 is 19.7 Å². The minimum Gasteiger partial charge on any atom is -0.493 e. The van der Waals surface area contributed by atoms with Crippen LogP contribution in [0.25, 0.3) is 0 Å². The molecule has 0 bridgehead atoms. The second kappa shape index (κ2) is 6.44. The quantitative estimate of drug-likeness (QED) is 0.789. The maximum atomic E-state index is 11.0. The number of rotatable bonds is 1. The van der Waals surface area contributed by atoms with Crippen LogP contribution in [-0.2, 0) is 0 Å². The second-order valence-corrected chi connectivity index (χ2v) is 6.55. The van der Waals surface area contributed by atoms with Crippen molar-refractivity contribution in [3.8, 4) is 5.75 Å². The zero-order chi connectivity index (χ0) is 15.7. The lowest BCUT2D eigenvalue weighted by Gasteiger charge is -2.39. The Bertz CT molecular complexity index is 560. The van der Waals surface area contributed by atoms with Gasteiger partial charge < -0.3 is 19.8 Å². The molecule has 120 valence electrons. The summed E-state index contributed by atoms with van der Waals surface area (Å²) in [4.78, 5) is 14.6. The zero-order valence-electron chi connectivity index (χ0n) is 12.1. The lowest BCUT2D eigenvalue weighted by molar-refractivity contribution is 0.0166. The summed E-state index contributed by atoms with van der Waals surface area (Å²) in [6.07, 6.45) is -0.838. The maximum absolute atomic E-state index is 11.0. The third-order valence-corrected chi connectivity index (χ3v) is 4.80. The first-order valence-electron chi connectivity index (χ1n) is 7.38. The second-order valence-electron chi connectivity index (χ2n) is 5.64. The van der Waals surface area contributed by atoms with Crippen LogP contribution in [0.4, 0.5) is 4.79 Å². The zero-order valence-corrected chi connectivity index (χ0v) is 13.7. The number of aliphatic hydroxyl groups is 1. The van der Waals surface area contributed by atoms with Gasteiger partial charge in [0.2, 0.25) is 0 Å². The van der Waals surface area contributed by atoms with Gasteiger partial charge in [-0.3, -0.25) is 4.90 Å². The monoisotopic (exact) mass is 370 g/mol. The molecule has 0 radical (unpaired) electrons. The van der Waals surface area contributed by atoms with E-state index in [4.69, 9.17) is 9.84 Å². The van der Waals surface area contributed by atoms with Crippen molar-refractivity contribution in [3.63, 3.8) is 0 Å². The van der Waals surface area contributed by atoms with Crippen LogP contribution in [0.15, 0.2) is 22.7 Å². The molecule has 1 saturated heterocycles. The third kappa shape index (κ3) is 3.06. The van der Waals surface area contributed by atoms with Gasteiger partial charge in [-0.1, -0.05) is 15.9 Å². The van der Waals surface area contributed by atoms with Crippen LogP contribution < -0.4 is 4.74 Å². The molecule has 1 amide bonds. The van der Waals surface area contributed by atoms with Crippen LogP contribution >= 0.6 is 15.9 Å². The summed E-state index contributed by atoms with van der Waals surface area (Å²) >= 11 is 3.47. The Balaban J connectivity index is 1.86. The topological polar surface area (TPSA) is 73.2 Å². The van der Waals surface area contributed by atoms with Gasteiger partial charge in [0.1, 0.15) is 5.75 Å². The van der Waals surface area contributed by atoms with Gasteiger partial charge in [-0.25, -0.2) is 4.79 Å². The molecule has 1 fully saturated rings. The molecular weight excluding hydrogens is 352 g/mol. The largest absolute Gasteiger partial charge is 0.493 e. The Labute approximate surface area is 137 Å². The smallest absolute Gasteiger partial charge is 0.407 e. The van der Waals surface area contributed by atoms with Crippen molar-refractivity contribution in [2.45, 2.75) is 18.6 Å². The highest BCUT2D eigenvalue weighted by atomic mass is 79.9. The van der Waals surface area contributed by atoms with E-state index in [1.54, 1.807) is 0 Å². The molecule has 0 saturated carbocycles. The average Bonchev–Trinajstić information content (AvgIpc) is 2.65. The lowest BCUT2D eigenvalue weighted by Crippen LogP contribution is -2.51. The van der Waals surface area contributed by atoms with Gasteiger partial charge in [0.25, 0.3) is 0 Å². The van der Waals surface area contributed by atoms with Gasteiger partial charge in [0.05, 0.1) is 18.8 Å². The van der Waals surface area contributed by atoms with Gasteiger partial charge in [-0.2, -0.15) is 0 Å². The van der Waals surface area contributed by atoms with E-state index in [1.807, 2.05) is 18.2 Å². The summed E-state index contributed by atoms with van der Waals surface area (Å²) < 4.78 is 6.68. The molecule has 2 N–H and O–H groups in total. The number of carbonyl (C=O) groups is 1. The van der Waals surface area contributed by atoms with Crippen LogP contribution in [0.5, 0.6) is 5.75 Å². The van der Waals surface area contributed by atoms with Crippen LogP contribution in [0.1, 0.15) is 18.0 Å². The van der Waals surface area contributed by atoms with Gasteiger partial charge >= 0.3 is 6.09 Å². The summed E-state index contributed by atoms with van der Waals surface area (Å²) in [6, 6.07) is 5.66. The molecule has 3 rings (SSSR count). The Kier molecular flexibility index (Phi) is 4.56. The van der Waals surface area contributed by atoms with Crippen molar-refractivity contribution >= 4 is 22.0 Å². The molecule has 1 aromatic rings. The number of aliphatic hydroxyl groups excluding tert-OH is 1. The standard InChI is InChI=1S/C15H19BrN2O4/c16-10-1-2-13-11(9-10)14(12(19)3-8-22-13)17-4-6-18(7-5-17)15(20)21/h1-2,9,12,14,19H,3-8H2,(H,20,21). The van der Waals surface area contributed by atoms with Crippen LogP contribution in [0, 0.1) is 0 Å². The summed E-state index contributed by atoms with van der Waals surface area (Å²) in [7, 11) is 0. The first kappa shape index (κ1) is 15.6. The molecule has 7 heteroatoms. The van der Waals surface area contributed by atoms with Gasteiger partial charge in [0, 0.05) is 42.6 Å². The Morgan fingerprint density at radius 3 is 2.68 bits per heavy atom. The number of piperazine rings is 1. The van der Waals surface area contributed by atoms with Crippen LogP contribution in [0.2, 0.25) is 0 Å². The van der Waals surface area contributed by atoms with Crippen LogP contribution in [0.3, 0.4) is 0 Å². The SMILES string of the molecule is O=C(O)N1CCN(C2c3cc(Br)ccc3OCCC2O)CC1. The lowest BCUT2D eigenvalue weighted by atomic mass is 9.97. The van der Waals surface area contributed by atoms with Gasteiger partial charge in [-0.15, -0.1) is 0 Å². The minimum atomic E-state index is -0.882. The molecule has 22 heavy (non-hydrogen) atoms. The molecule has 2 aliphatic rings. The van der Waals surface area contributed by atoms with E-state index in [-0.39, 0.29) is 6.04 Å². The Morgan fingerprint density at radius 1 is 1.27 bits per heavy atom. The molecule has 0 aliphatic carbocycles. The fourth-order valence-electron chi connectivity index (χ4n) is 3.17. The molecule has 1 aromatic carbocycles. The summed E-state index contributed by atoms with van der Waals surface area (Å²) in [5, 5.41) is 19.6. The number of halogens is 1. The maximum Gasteiger partial charge on any atom is 0.407 e. The molecule has 2 unspecified atom stereocenters. The average molecular weight is 371 g/mol. The summed E-state index contributed by atoms with van der Waals surface area (Å²) in [6.45, 7) is 2.63. The number of amides is 1. The van der Waals surface area contributed by atoms with E-state index >= 15 is 0 Å². The van der Waals surface area contributed by atoms with E-state index in [1.165, 1.54) is 4.90 Å². The molecule has 2 atom stereocenters. The molecule has 2 aliphatic heterocycles. The number of ether oxygens (including phenoxy) is 1. The number of benzene rings is 1. The molecule has 0 aromatic heterocycles. The third-order valence-electron chi connectivity index (χ3n) is 4.30. The van der Waals surface area contributed by atoms with Crippen molar-refractivity contribution in [1.29, 1.82) is 0 Å². The van der Waals surface area contributed by atoms with Crippen molar-refractivity contribution in [1.82, 2.24) is 9.80 Å². The van der Waals surface area contributed by atoms with E-state index in [9.17, 15) is 9.90 Å². The minimum absolute atomic E-state index is 0.161. The summed E-state index contributed by atoms with van der Waals surface area (Å²) in [5.41, 5.74) is 0.961. The van der Waals surface area contributed by atoms with E-state index in [0.29, 0.717) is 39.2 Å². The molecular formula is C15H19BrN2O4. The van der Waals surface area contributed by atoms with Gasteiger partial charge in [0.15, 0.2) is 0 Å². The van der Waals surface area contributed by atoms with Crippen molar-refractivity contribution in [2.24, 2.45) is 0 Å². The highest BCUT2D eigenvalue weighted by molar-refractivity contribution is 9.10. The Hall–Kier alpha value is -1.31. The van der Waals surface area contributed by atoms with E-state index in [0.717, 1.165) is 15.8 Å². The predicted molar refractivity (Wildman–Crippen MR) is 84.2 cm³/mol. The van der Waals surface area contributed by atoms with Crippen molar-refractivity contribution in [3.05, 3.63) is 28.2 Å². The highest BCUT2D eigenvalue weighted by Crippen LogP contribution is 2.37. The number of carboxylic acid groups (broad SMARTS) is 1. The fraction of sp³-hybridized carbons (Fsp3) is 0.533. The molecule has 6 nitrogen and oxygen atoms in total. The normalized spacial score (nSPS) is 26.0. The fourth-order valence-corrected chi connectivity index (χ4v) is 3.55. The Morgan fingerprint density at radius 2 is 2.00 bits per heavy atom. The van der Waals surface area contributed by atoms with Crippen LogP contribution in [-0.4, -0.2) is 65.0 Å². The number of fused-ring (bicyclic) bond motifs is 1. The van der Waals surface area contributed by atoms with Gasteiger partial charge in [-0.05, 0) is 18.2 Å². The first-order valence-corrected chi connectivity index (χ1v) is 8.18. The molecule has 2 heterocycles. The predicted octanol–water partition coefficient (Wildman–Crippen LogP) is 1.93. The van der Waals surface area contributed by atoms with E-state index < -0.39 is 12.2 Å².